The van der Waals surface area contributed by atoms with Gasteiger partial charge < -0.3 is 10.5 Å². The molecule has 0 heterocycles. The molecule has 0 radical (unpaired) electrons. The van der Waals surface area contributed by atoms with Crippen LogP contribution in [0, 0.1) is 5.82 Å². The van der Waals surface area contributed by atoms with Crippen molar-refractivity contribution in [1.29, 1.82) is 0 Å². The maximum atomic E-state index is 13.7. The van der Waals surface area contributed by atoms with Crippen molar-refractivity contribution in [2.75, 3.05) is 7.11 Å². The van der Waals surface area contributed by atoms with E-state index >= 15 is 0 Å². The van der Waals surface area contributed by atoms with E-state index in [1.54, 1.807) is 6.07 Å². The summed E-state index contributed by atoms with van der Waals surface area (Å²) in [6.07, 6.45) is 2.00. The Hall–Kier alpha value is -1.87. The van der Waals surface area contributed by atoms with Crippen LogP contribution in [0.25, 0.3) is 11.1 Å². The lowest BCUT2D eigenvalue weighted by Crippen LogP contribution is -2.04. The molecular weight excluding hydrogens is 241 g/mol. The molecule has 2 nitrogen and oxygen atoms in total. The third-order valence-electron chi connectivity index (χ3n) is 3.75. The van der Waals surface area contributed by atoms with Gasteiger partial charge in [-0.05, 0) is 47.2 Å². The molecule has 0 fully saturated rings. The van der Waals surface area contributed by atoms with Crippen molar-refractivity contribution in [3.8, 4) is 16.9 Å². The molecule has 2 aromatic carbocycles. The molecule has 0 spiro atoms. The molecule has 3 heteroatoms. The van der Waals surface area contributed by atoms with Gasteiger partial charge in [0, 0.05) is 6.04 Å². The smallest absolute Gasteiger partial charge is 0.165 e. The number of hydrogen-bond donors (Lipinski definition) is 1. The first kappa shape index (κ1) is 12.2. The fourth-order valence-corrected chi connectivity index (χ4v) is 2.68. The van der Waals surface area contributed by atoms with E-state index in [4.69, 9.17) is 10.5 Å². The molecule has 0 aromatic heterocycles. The van der Waals surface area contributed by atoms with Crippen molar-refractivity contribution in [3.63, 3.8) is 0 Å². The molecule has 1 aliphatic carbocycles. The van der Waals surface area contributed by atoms with Gasteiger partial charge in [0.2, 0.25) is 0 Å². The lowest BCUT2D eigenvalue weighted by atomic mass is 9.99. The number of rotatable bonds is 2. The Morgan fingerprint density at radius 2 is 1.89 bits per heavy atom. The van der Waals surface area contributed by atoms with E-state index in [0.29, 0.717) is 0 Å². The highest BCUT2D eigenvalue weighted by Gasteiger charge is 2.19. The second-order valence-corrected chi connectivity index (χ2v) is 4.91. The lowest BCUT2D eigenvalue weighted by molar-refractivity contribution is 0.386. The summed E-state index contributed by atoms with van der Waals surface area (Å²) >= 11 is 0. The summed E-state index contributed by atoms with van der Waals surface area (Å²) in [5.41, 5.74) is 10.4. The van der Waals surface area contributed by atoms with Crippen LogP contribution in [0.15, 0.2) is 36.4 Å². The lowest BCUT2D eigenvalue weighted by Gasteiger charge is -2.09. The molecule has 0 bridgehead atoms. The fraction of sp³-hybridized carbons (Fsp3) is 0.250. The van der Waals surface area contributed by atoms with Gasteiger partial charge in [0.1, 0.15) is 0 Å². The van der Waals surface area contributed by atoms with Gasteiger partial charge in [-0.3, -0.25) is 0 Å². The first-order valence-corrected chi connectivity index (χ1v) is 6.41. The molecule has 1 aliphatic rings. The van der Waals surface area contributed by atoms with Gasteiger partial charge in [-0.25, -0.2) is 4.39 Å². The maximum Gasteiger partial charge on any atom is 0.165 e. The van der Waals surface area contributed by atoms with Crippen molar-refractivity contribution >= 4 is 0 Å². The molecule has 0 saturated heterocycles. The third-order valence-corrected chi connectivity index (χ3v) is 3.75. The summed E-state index contributed by atoms with van der Waals surface area (Å²) in [4.78, 5) is 0. The van der Waals surface area contributed by atoms with Crippen LogP contribution in [0.5, 0.6) is 5.75 Å². The topological polar surface area (TPSA) is 35.2 Å². The van der Waals surface area contributed by atoms with E-state index in [2.05, 4.69) is 12.1 Å². The zero-order valence-corrected chi connectivity index (χ0v) is 10.8. The van der Waals surface area contributed by atoms with Crippen LogP contribution in [-0.2, 0) is 6.42 Å². The van der Waals surface area contributed by atoms with E-state index in [1.807, 2.05) is 12.1 Å². The van der Waals surface area contributed by atoms with E-state index in [0.717, 1.165) is 24.0 Å². The minimum atomic E-state index is -0.336. The normalized spacial score (nSPS) is 17.3. The van der Waals surface area contributed by atoms with E-state index in [-0.39, 0.29) is 17.6 Å². The van der Waals surface area contributed by atoms with Crippen LogP contribution in [0.4, 0.5) is 4.39 Å². The molecule has 3 rings (SSSR count). The number of halogens is 1. The number of methoxy groups -OCH3 is 1. The molecule has 0 aliphatic heterocycles. The monoisotopic (exact) mass is 257 g/mol. The number of nitrogens with two attached hydrogens (primary N) is 1. The van der Waals surface area contributed by atoms with E-state index < -0.39 is 0 Å². The average Bonchev–Trinajstić information content (AvgIpc) is 2.80. The molecule has 19 heavy (non-hydrogen) atoms. The number of aryl methyl sites for hydroxylation is 1. The van der Waals surface area contributed by atoms with Gasteiger partial charge in [0.15, 0.2) is 11.6 Å². The van der Waals surface area contributed by atoms with Crippen LogP contribution in [0.1, 0.15) is 23.6 Å². The van der Waals surface area contributed by atoms with E-state index in [1.165, 1.54) is 24.3 Å². The quantitative estimate of drug-likeness (QED) is 0.894. The minimum Gasteiger partial charge on any atom is -0.494 e. The Bertz CT molecular complexity index is 624. The molecule has 2 N–H and O–H groups in total. The first-order valence-electron chi connectivity index (χ1n) is 6.41. The number of fused-ring (bicyclic) bond motifs is 1. The predicted octanol–water partition coefficient (Wildman–Crippen LogP) is 3.45. The summed E-state index contributed by atoms with van der Waals surface area (Å²) in [7, 11) is 1.47. The fourth-order valence-electron chi connectivity index (χ4n) is 2.68. The molecule has 2 aromatic rings. The Kier molecular flexibility index (Phi) is 2.99. The molecule has 98 valence electrons. The highest BCUT2D eigenvalue weighted by atomic mass is 19.1. The van der Waals surface area contributed by atoms with Gasteiger partial charge in [0.25, 0.3) is 0 Å². The summed E-state index contributed by atoms with van der Waals surface area (Å²) in [6.45, 7) is 0. The Balaban J connectivity index is 2.01. The van der Waals surface area contributed by atoms with Crippen molar-refractivity contribution in [3.05, 3.63) is 53.3 Å². The molecular formula is C16H16FNO. The van der Waals surface area contributed by atoms with Crippen molar-refractivity contribution in [2.24, 2.45) is 5.73 Å². The van der Waals surface area contributed by atoms with Gasteiger partial charge in [-0.15, -0.1) is 0 Å². The van der Waals surface area contributed by atoms with Crippen LogP contribution in [0.3, 0.4) is 0 Å². The highest BCUT2D eigenvalue weighted by Crippen LogP contribution is 2.33. The van der Waals surface area contributed by atoms with Gasteiger partial charge >= 0.3 is 0 Å². The second-order valence-electron chi connectivity index (χ2n) is 4.91. The average molecular weight is 257 g/mol. The summed E-state index contributed by atoms with van der Waals surface area (Å²) in [5, 5.41) is 0. The molecule has 1 unspecified atom stereocenters. The first-order chi connectivity index (χ1) is 9.19. The van der Waals surface area contributed by atoms with Crippen LogP contribution in [-0.4, -0.2) is 7.11 Å². The maximum absolute atomic E-state index is 13.7. The predicted molar refractivity (Wildman–Crippen MR) is 73.6 cm³/mol. The van der Waals surface area contributed by atoms with Gasteiger partial charge in [-0.2, -0.15) is 0 Å². The standard InChI is InChI=1S/C16H16FNO/c1-19-16-7-4-11(9-14(16)17)10-2-5-13-12(8-10)3-6-15(13)18/h2,4-5,7-9,15H,3,6,18H2,1H3. The molecule has 0 amide bonds. The second kappa shape index (κ2) is 4.67. The molecule has 1 atom stereocenters. The largest absolute Gasteiger partial charge is 0.494 e. The van der Waals surface area contributed by atoms with Crippen molar-refractivity contribution in [1.82, 2.24) is 0 Å². The number of hydrogen-bond acceptors (Lipinski definition) is 2. The zero-order chi connectivity index (χ0) is 13.4. The Labute approximate surface area is 112 Å². The SMILES string of the molecule is COc1ccc(-c2ccc3c(c2)CCC3N)cc1F. The summed E-state index contributed by atoms with van der Waals surface area (Å²) in [5.74, 6) is -0.0656. The van der Waals surface area contributed by atoms with E-state index in [9.17, 15) is 4.39 Å². The van der Waals surface area contributed by atoms with Gasteiger partial charge in [-0.1, -0.05) is 24.3 Å². The third kappa shape index (κ3) is 2.10. The van der Waals surface area contributed by atoms with Crippen molar-refractivity contribution in [2.45, 2.75) is 18.9 Å². The van der Waals surface area contributed by atoms with Crippen LogP contribution < -0.4 is 10.5 Å². The van der Waals surface area contributed by atoms with Crippen LogP contribution in [0.2, 0.25) is 0 Å². The Morgan fingerprint density at radius 3 is 2.63 bits per heavy atom. The number of ether oxygens (including phenoxy) is 1. The summed E-state index contributed by atoms with van der Waals surface area (Å²) in [6, 6.07) is 11.4. The minimum absolute atomic E-state index is 0.150. The van der Waals surface area contributed by atoms with Crippen molar-refractivity contribution < 1.29 is 9.13 Å². The number of benzene rings is 2. The van der Waals surface area contributed by atoms with Gasteiger partial charge in [0.05, 0.1) is 7.11 Å². The highest BCUT2D eigenvalue weighted by molar-refractivity contribution is 5.66. The zero-order valence-electron chi connectivity index (χ0n) is 10.8. The summed E-state index contributed by atoms with van der Waals surface area (Å²) < 4.78 is 18.7. The van der Waals surface area contributed by atoms with Crippen LogP contribution >= 0.6 is 0 Å². The Morgan fingerprint density at radius 1 is 1.16 bits per heavy atom. The molecule has 0 saturated carbocycles.